The van der Waals surface area contributed by atoms with Crippen molar-refractivity contribution >= 4 is 45.3 Å². The monoisotopic (exact) mass is 355 g/mol. The summed E-state index contributed by atoms with van der Waals surface area (Å²) in [7, 11) is 0. The number of halogens is 1. The molecule has 0 radical (unpaired) electrons. The minimum absolute atomic E-state index is 0.102. The molecule has 0 aliphatic carbocycles. The Morgan fingerprint density at radius 1 is 1.17 bits per heavy atom. The first kappa shape index (κ1) is 15.3. The topological polar surface area (TPSA) is 50.7 Å². The highest BCUT2D eigenvalue weighted by Crippen LogP contribution is 2.26. The van der Waals surface area contributed by atoms with E-state index >= 15 is 0 Å². The van der Waals surface area contributed by atoms with E-state index < -0.39 is 0 Å². The number of para-hydroxylation sites is 1. The van der Waals surface area contributed by atoms with Crippen molar-refractivity contribution in [1.82, 2.24) is 14.5 Å². The second kappa shape index (κ2) is 6.00. The van der Waals surface area contributed by atoms with Gasteiger partial charge in [0.15, 0.2) is 5.16 Å². The van der Waals surface area contributed by atoms with Gasteiger partial charge in [0.1, 0.15) is 11.0 Å². The number of aromatic amines is 1. The molecule has 1 N–H and O–H groups in total. The summed E-state index contributed by atoms with van der Waals surface area (Å²) in [5, 5.41) is 2.28. The van der Waals surface area contributed by atoms with E-state index in [0.717, 1.165) is 27.9 Å². The fourth-order valence-electron chi connectivity index (χ4n) is 2.79. The number of H-pyrrole nitrogens is 1. The Kier molecular flexibility index (Phi) is 3.82. The molecule has 0 spiro atoms. The number of benzene rings is 2. The zero-order chi connectivity index (χ0) is 16.7. The molecule has 4 rings (SSSR count). The first-order valence-electron chi connectivity index (χ1n) is 7.61. The molecule has 0 unspecified atom stereocenters. The average Bonchev–Trinajstić information content (AvgIpc) is 2.96. The van der Waals surface area contributed by atoms with Gasteiger partial charge in [-0.3, -0.25) is 9.36 Å². The predicted octanol–water partition coefficient (Wildman–Crippen LogP) is 4.63. The number of rotatable bonds is 3. The molecule has 0 fully saturated rings. The van der Waals surface area contributed by atoms with Crippen LogP contribution in [0.1, 0.15) is 6.92 Å². The molecule has 0 amide bonds. The number of hydrogen-bond donors (Lipinski definition) is 1. The summed E-state index contributed by atoms with van der Waals surface area (Å²) in [6.07, 6.45) is 0. The molecule has 0 bridgehead atoms. The van der Waals surface area contributed by atoms with Crippen LogP contribution in [0.2, 0.25) is 5.02 Å². The maximum absolute atomic E-state index is 13.1. The van der Waals surface area contributed by atoms with Crippen molar-refractivity contribution < 1.29 is 0 Å². The molecule has 0 saturated carbocycles. The first-order chi connectivity index (χ1) is 11.7. The molecule has 0 aliphatic rings. The molecular weight excluding hydrogens is 342 g/mol. The predicted molar refractivity (Wildman–Crippen MR) is 101 cm³/mol. The van der Waals surface area contributed by atoms with Crippen LogP contribution >= 0.6 is 23.4 Å². The van der Waals surface area contributed by atoms with Gasteiger partial charge in [0.05, 0.1) is 5.69 Å². The van der Waals surface area contributed by atoms with Crippen molar-refractivity contribution in [3.05, 3.63) is 63.9 Å². The van der Waals surface area contributed by atoms with Crippen LogP contribution in [0.25, 0.3) is 27.6 Å². The second-order valence-electron chi connectivity index (χ2n) is 5.34. The van der Waals surface area contributed by atoms with E-state index in [1.54, 1.807) is 28.5 Å². The smallest absolute Gasteiger partial charge is 0.283 e. The van der Waals surface area contributed by atoms with E-state index in [2.05, 4.69) is 4.98 Å². The van der Waals surface area contributed by atoms with Gasteiger partial charge in [-0.05, 0) is 36.1 Å². The first-order valence-corrected chi connectivity index (χ1v) is 8.97. The molecule has 4 aromatic rings. The fraction of sp³-hybridized carbons (Fsp3) is 0.111. The van der Waals surface area contributed by atoms with Crippen molar-refractivity contribution in [2.75, 3.05) is 5.75 Å². The number of thioether (sulfide) groups is 1. The highest BCUT2D eigenvalue weighted by molar-refractivity contribution is 7.99. The van der Waals surface area contributed by atoms with Crippen LogP contribution in [-0.4, -0.2) is 20.3 Å². The Morgan fingerprint density at radius 3 is 2.67 bits per heavy atom. The normalized spacial score (nSPS) is 11.4. The van der Waals surface area contributed by atoms with E-state index in [0.29, 0.717) is 15.7 Å². The molecule has 0 atom stereocenters. The van der Waals surface area contributed by atoms with Crippen molar-refractivity contribution in [1.29, 1.82) is 0 Å². The summed E-state index contributed by atoms with van der Waals surface area (Å²) in [5.74, 6) is 0.827. The van der Waals surface area contributed by atoms with Gasteiger partial charge in [-0.25, -0.2) is 4.98 Å². The largest absolute Gasteiger partial charge is 0.349 e. The molecule has 0 aliphatic heterocycles. The number of aromatic nitrogens is 3. The lowest BCUT2D eigenvalue weighted by Crippen LogP contribution is -2.21. The SMILES string of the molecule is CCSc1nc2c([nH]c3ccccc32)c(=O)n1-c1ccc(Cl)cc1. The maximum Gasteiger partial charge on any atom is 0.283 e. The molecule has 6 heteroatoms. The van der Waals surface area contributed by atoms with Crippen molar-refractivity contribution in [2.24, 2.45) is 0 Å². The van der Waals surface area contributed by atoms with Gasteiger partial charge >= 0.3 is 0 Å². The van der Waals surface area contributed by atoms with Crippen LogP contribution in [0.4, 0.5) is 0 Å². The highest BCUT2D eigenvalue weighted by Gasteiger charge is 2.16. The fourth-order valence-corrected chi connectivity index (χ4v) is 3.64. The lowest BCUT2D eigenvalue weighted by molar-refractivity contribution is 0.819. The van der Waals surface area contributed by atoms with Gasteiger partial charge in [0, 0.05) is 15.9 Å². The van der Waals surface area contributed by atoms with Crippen LogP contribution in [0.15, 0.2) is 58.5 Å². The Balaban J connectivity index is 2.09. The number of hydrogen-bond acceptors (Lipinski definition) is 3. The Hall–Kier alpha value is -2.24. The van der Waals surface area contributed by atoms with Gasteiger partial charge in [-0.15, -0.1) is 0 Å². The molecule has 2 aromatic heterocycles. The summed E-state index contributed by atoms with van der Waals surface area (Å²) in [6, 6.07) is 15.0. The molecular formula is C18H14ClN3OS. The molecule has 2 aromatic carbocycles. The minimum atomic E-state index is -0.102. The van der Waals surface area contributed by atoms with Gasteiger partial charge in [-0.2, -0.15) is 0 Å². The third kappa shape index (κ3) is 2.41. The Morgan fingerprint density at radius 2 is 1.92 bits per heavy atom. The summed E-state index contributed by atoms with van der Waals surface area (Å²) < 4.78 is 1.64. The van der Waals surface area contributed by atoms with Crippen LogP contribution < -0.4 is 5.56 Å². The average molecular weight is 356 g/mol. The van der Waals surface area contributed by atoms with Gasteiger partial charge in [-0.1, -0.05) is 48.5 Å². The van der Waals surface area contributed by atoms with E-state index in [1.807, 2.05) is 43.3 Å². The Bertz CT molecular complexity index is 1100. The minimum Gasteiger partial charge on any atom is -0.349 e. The molecule has 4 nitrogen and oxygen atoms in total. The standard InChI is InChI=1S/C18H14ClN3OS/c1-2-24-18-21-15-13-5-3-4-6-14(13)20-16(15)17(23)22(18)12-9-7-11(19)8-10-12/h3-10,20H,2H2,1H3. The molecule has 24 heavy (non-hydrogen) atoms. The third-order valence-corrected chi connectivity index (χ3v) is 4.93. The van der Waals surface area contributed by atoms with Gasteiger partial charge in [0.2, 0.25) is 0 Å². The number of nitrogens with zero attached hydrogens (tertiary/aromatic N) is 2. The molecule has 2 heterocycles. The van der Waals surface area contributed by atoms with Crippen LogP contribution in [-0.2, 0) is 0 Å². The highest BCUT2D eigenvalue weighted by atomic mass is 35.5. The van der Waals surface area contributed by atoms with Crippen molar-refractivity contribution in [2.45, 2.75) is 12.1 Å². The van der Waals surface area contributed by atoms with E-state index in [9.17, 15) is 4.79 Å². The molecule has 120 valence electrons. The van der Waals surface area contributed by atoms with Crippen molar-refractivity contribution in [3.63, 3.8) is 0 Å². The zero-order valence-corrected chi connectivity index (χ0v) is 14.5. The second-order valence-corrected chi connectivity index (χ2v) is 7.01. The van der Waals surface area contributed by atoms with Gasteiger partial charge < -0.3 is 4.98 Å². The van der Waals surface area contributed by atoms with E-state index in [-0.39, 0.29) is 5.56 Å². The summed E-state index contributed by atoms with van der Waals surface area (Å²) in [6.45, 7) is 2.04. The maximum atomic E-state index is 13.1. The zero-order valence-electron chi connectivity index (χ0n) is 12.9. The van der Waals surface area contributed by atoms with Crippen LogP contribution in [0.5, 0.6) is 0 Å². The Labute approximate surface area is 147 Å². The third-order valence-electron chi connectivity index (χ3n) is 3.85. The quantitative estimate of drug-likeness (QED) is 0.430. The number of fused-ring (bicyclic) bond motifs is 3. The lowest BCUT2D eigenvalue weighted by Gasteiger charge is -2.11. The molecule has 0 saturated heterocycles. The summed E-state index contributed by atoms with van der Waals surface area (Å²) in [5.41, 5.74) is 2.81. The summed E-state index contributed by atoms with van der Waals surface area (Å²) in [4.78, 5) is 21.1. The van der Waals surface area contributed by atoms with E-state index in [4.69, 9.17) is 16.6 Å². The summed E-state index contributed by atoms with van der Waals surface area (Å²) >= 11 is 7.52. The van der Waals surface area contributed by atoms with Crippen LogP contribution in [0.3, 0.4) is 0 Å². The van der Waals surface area contributed by atoms with Crippen LogP contribution in [0, 0.1) is 0 Å². The number of nitrogens with one attached hydrogen (secondary N) is 1. The van der Waals surface area contributed by atoms with Crippen molar-refractivity contribution in [3.8, 4) is 5.69 Å². The van der Waals surface area contributed by atoms with E-state index in [1.165, 1.54) is 0 Å². The lowest BCUT2D eigenvalue weighted by atomic mass is 10.2. The van der Waals surface area contributed by atoms with Gasteiger partial charge in [0.25, 0.3) is 5.56 Å².